The largest absolute Gasteiger partial charge is 0.478 e. The van der Waals surface area contributed by atoms with E-state index in [-0.39, 0.29) is 4.90 Å². The van der Waals surface area contributed by atoms with E-state index < -0.39 is 40.1 Å². The number of H-pyrrole nitrogens is 1. The Bertz CT molecular complexity index is 1080. The maximum absolute atomic E-state index is 12.9. The zero-order chi connectivity index (χ0) is 21.7. The van der Waals surface area contributed by atoms with Gasteiger partial charge in [0, 0.05) is 18.8 Å². The molecule has 0 amide bonds. The van der Waals surface area contributed by atoms with Gasteiger partial charge in [-0.1, -0.05) is 30.3 Å². The van der Waals surface area contributed by atoms with Crippen LogP contribution in [0.4, 0.5) is 14.7 Å². The molecule has 2 heterocycles. The van der Waals surface area contributed by atoms with Gasteiger partial charge in [-0.2, -0.15) is 18.7 Å². The van der Waals surface area contributed by atoms with E-state index in [4.69, 9.17) is 9.47 Å². The van der Waals surface area contributed by atoms with Crippen LogP contribution in [0.2, 0.25) is 0 Å². The number of alkyl halides is 2. The summed E-state index contributed by atoms with van der Waals surface area (Å²) in [6.07, 6.45) is 3.27. The minimum Gasteiger partial charge on any atom is -0.478 e. The number of halogens is 2. The summed E-state index contributed by atoms with van der Waals surface area (Å²) < 4.78 is 67.4. The lowest BCUT2D eigenvalue weighted by atomic mass is 10.1. The molecule has 0 saturated heterocycles. The lowest BCUT2D eigenvalue weighted by molar-refractivity contribution is -0.0533. The van der Waals surface area contributed by atoms with Crippen LogP contribution in [0.1, 0.15) is 11.1 Å². The Morgan fingerprint density at radius 2 is 1.70 bits per heavy atom. The third-order valence-corrected chi connectivity index (χ3v) is 5.35. The zero-order valence-corrected chi connectivity index (χ0v) is 16.7. The second kappa shape index (κ2) is 8.95. The van der Waals surface area contributed by atoms with Crippen LogP contribution < -0.4 is 18.9 Å². The fourth-order valence-electron chi connectivity index (χ4n) is 2.68. The van der Waals surface area contributed by atoms with Crippen LogP contribution in [0.3, 0.4) is 0 Å². The number of ether oxygens (including phenoxy) is 3. The smallest absolute Gasteiger partial charge is 0.387 e. The van der Waals surface area contributed by atoms with Gasteiger partial charge in [0.2, 0.25) is 11.7 Å². The number of hydrogen-bond donors (Lipinski definition) is 2. The highest BCUT2D eigenvalue weighted by molar-refractivity contribution is 7.92. The zero-order valence-electron chi connectivity index (χ0n) is 15.9. The Hall–Kier alpha value is -3.41. The van der Waals surface area contributed by atoms with E-state index in [1.165, 1.54) is 6.20 Å². The SMILES string of the molecule is COc1nc(NS(=O)(=O)c2c[nH]cc2Cc2ccccc2)nc(OC)c1OC(F)F. The molecule has 0 aliphatic carbocycles. The maximum Gasteiger partial charge on any atom is 0.387 e. The lowest BCUT2D eigenvalue weighted by Crippen LogP contribution is -2.17. The fraction of sp³-hybridized carbons (Fsp3) is 0.222. The first-order valence-electron chi connectivity index (χ1n) is 8.51. The summed E-state index contributed by atoms with van der Waals surface area (Å²) >= 11 is 0. The Labute approximate surface area is 171 Å². The maximum atomic E-state index is 12.9. The molecule has 12 heteroatoms. The average Bonchev–Trinajstić information content (AvgIpc) is 3.18. The molecule has 3 aromatic rings. The van der Waals surface area contributed by atoms with Crippen LogP contribution in [0, 0.1) is 0 Å². The lowest BCUT2D eigenvalue weighted by Gasteiger charge is -2.14. The predicted molar refractivity (Wildman–Crippen MR) is 103 cm³/mol. The Kier molecular flexibility index (Phi) is 6.35. The molecular formula is C18H18F2N4O5S. The van der Waals surface area contributed by atoms with Crippen molar-refractivity contribution in [2.75, 3.05) is 18.9 Å². The van der Waals surface area contributed by atoms with Crippen molar-refractivity contribution in [2.45, 2.75) is 17.9 Å². The minimum absolute atomic E-state index is 0.0132. The number of benzene rings is 1. The van der Waals surface area contributed by atoms with E-state index in [0.717, 1.165) is 19.8 Å². The van der Waals surface area contributed by atoms with Crippen LogP contribution in [0.25, 0.3) is 0 Å². The van der Waals surface area contributed by atoms with E-state index >= 15 is 0 Å². The van der Waals surface area contributed by atoms with Gasteiger partial charge in [0.15, 0.2) is 0 Å². The molecule has 0 spiro atoms. The van der Waals surface area contributed by atoms with Gasteiger partial charge in [0.1, 0.15) is 4.90 Å². The second-order valence-electron chi connectivity index (χ2n) is 5.89. The molecule has 1 aromatic carbocycles. The minimum atomic E-state index is -4.11. The molecule has 2 N–H and O–H groups in total. The van der Waals surface area contributed by atoms with Gasteiger partial charge < -0.3 is 19.2 Å². The van der Waals surface area contributed by atoms with Gasteiger partial charge in [0.05, 0.1) is 14.2 Å². The number of anilines is 1. The third-order valence-electron chi connectivity index (χ3n) is 3.94. The molecule has 0 aliphatic heterocycles. The molecule has 0 radical (unpaired) electrons. The molecule has 0 aliphatic rings. The van der Waals surface area contributed by atoms with Crippen molar-refractivity contribution in [3.63, 3.8) is 0 Å². The monoisotopic (exact) mass is 440 g/mol. The van der Waals surface area contributed by atoms with Crippen LogP contribution >= 0.6 is 0 Å². The summed E-state index contributed by atoms with van der Waals surface area (Å²) in [5, 5.41) is 0. The number of aromatic nitrogens is 3. The number of nitrogens with one attached hydrogen (secondary N) is 2. The van der Waals surface area contributed by atoms with Crippen molar-refractivity contribution >= 4 is 16.0 Å². The first-order valence-corrected chi connectivity index (χ1v) is 9.99. The average molecular weight is 440 g/mol. The number of aromatic amines is 1. The van der Waals surface area contributed by atoms with Gasteiger partial charge in [-0.3, -0.25) is 0 Å². The third kappa shape index (κ3) is 4.76. The molecule has 30 heavy (non-hydrogen) atoms. The summed E-state index contributed by atoms with van der Waals surface area (Å²) in [5.41, 5.74) is 1.44. The highest BCUT2D eigenvalue weighted by atomic mass is 32.2. The molecular weight excluding hydrogens is 422 g/mol. The molecule has 3 rings (SSSR count). The Balaban J connectivity index is 1.92. The van der Waals surface area contributed by atoms with E-state index in [2.05, 4.69) is 24.4 Å². The first kappa shape index (κ1) is 21.3. The first-order chi connectivity index (χ1) is 14.3. The second-order valence-corrected chi connectivity index (χ2v) is 7.54. The Morgan fingerprint density at radius 3 is 2.27 bits per heavy atom. The summed E-state index contributed by atoms with van der Waals surface area (Å²) in [7, 11) is -1.80. The molecule has 160 valence electrons. The molecule has 0 saturated carbocycles. The molecule has 0 bridgehead atoms. The highest BCUT2D eigenvalue weighted by Crippen LogP contribution is 2.36. The van der Waals surface area contributed by atoms with E-state index in [9.17, 15) is 17.2 Å². The number of hydrogen-bond acceptors (Lipinski definition) is 7. The summed E-state index contributed by atoms with van der Waals surface area (Å²) in [4.78, 5) is 10.3. The molecule has 2 aromatic heterocycles. The predicted octanol–water partition coefficient (Wildman–Crippen LogP) is 2.81. The number of sulfonamides is 1. The van der Waals surface area contributed by atoms with Crippen LogP contribution in [-0.4, -0.2) is 44.2 Å². The highest BCUT2D eigenvalue weighted by Gasteiger charge is 2.25. The van der Waals surface area contributed by atoms with Crippen molar-refractivity contribution in [2.24, 2.45) is 0 Å². The topological polar surface area (TPSA) is 115 Å². The van der Waals surface area contributed by atoms with E-state index in [0.29, 0.717) is 12.0 Å². The van der Waals surface area contributed by atoms with Gasteiger partial charge in [-0.15, -0.1) is 0 Å². The van der Waals surface area contributed by atoms with E-state index in [1.807, 2.05) is 30.3 Å². The van der Waals surface area contributed by atoms with Gasteiger partial charge >= 0.3 is 6.61 Å². The molecule has 0 unspecified atom stereocenters. The van der Waals surface area contributed by atoms with Crippen LogP contribution in [-0.2, 0) is 16.4 Å². The van der Waals surface area contributed by atoms with Crippen molar-refractivity contribution in [1.82, 2.24) is 15.0 Å². The Morgan fingerprint density at radius 1 is 1.07 bits per heavy atom. The van der Waals surface area contributed by atoms with Crippen LogP contribution in [0.15, 0.2) is 47.6 Å². The van der Waals surface area contributed by atoms with Gasteiger partial charge in [0.25, 0.3) is 21.8 Å². The van der Waals surface area contributed by atoms with E-state index in [1.54, 1.807) is 6.20 Å². The summed E-state index contributed by atoms with van der Waals surface area (Å²) in [6.45, 7) is -3.18. The standard InChI is InChI=1S/C18H18F2N4O5S/c1-27-15-14(29-17(19)20)16(28-2)23-18(22-15)24-30(25,26)13-10-21-9-12(13)8-11-6-4-3-5-7-11/h3-7,9-10,17,21H,8H2,1-2H3,(H,22,23,24). The van der Waals surface area contributed by atoms with Crippen molar-refractivity contribution in [3.05, 3.63) is 53.9 Å². The van der Waals surface area contributed by atoms with Crippen molar-refractivity contribution < 1.29 is 31.4 Å². The van der Waals surface area contributed by atoms with Crippen molar-refractivity contribution in [3.8, 4) is 17.5 Å². The van der Waals surface area contributed by atoms with Gasteiger partial charge in [-0.25, -0.2) is 13.1 Å². The summed E-state index contributed by atoms with van der Waals surface area (Å²) in [5.74, 6) is -1.82. The van der Waals surface area contributed by atoms with Gasteiger partial charge in [-0.05, 0) is 11.1 Å². The number of methoxy groups -OCH3 is 2. The molecule has 0 fully saturated rings. The van der Waals surface area contributed by atoms with Crippen LogP contribution in [0.5, 0.6) is 17.5 Å². The molecule has 0 atom stereocenters. The quantitative estimate of drug-likeness (QED) is 0.526. The molecule has 9 nitrogen and oxygen atoms in total. The fourth-order valence-corrected chi connectivity index (χ4v) is 3.82. The number of rotatable bonds is 9. The summed E-state index contributed by atoms with van der Waals surface area (Å²) in [6, 6.07) is 9.31. The normalized spacial score (nSPS) is 11.4. The number of nitrogens with zero attached hydrogens (tertiary/aromatic N) is 2. The van der Waals surface area contributed by atoms with Crippen molar-refractivity contribution in [1.29, 1.82) is 0 Å².